The summed E-state index contributed by atoms with van der Waals surface area (Å²) in [5.41, 5.74) is 4.02. The minimum Gasteiger partial charge on any atom is -0.508 e. The molecule has 0 aliphatic heterocycles. The van der Waals surface area contributed by atoms with Crippen LogP contribution in [0.5, 0.6) is 17.2 Å². The molecule has 0 radical (unpaired) electrons. The van der Waals surface area contributed by atoms with Crippen LogP contribution in [0.25, 0.3) is 0 Å². The zero-order valence-electron chi connectivity index (χ0n) is 14.7. The average Bonchev–Trinajstić information content (AvgIpc) is 2.67. The Hall–Kier alpha value is -3.51. The van der Waals surface area contributed by atoms with E-state index in [1.165, 1.54) is 18.3 Å². The molecule has 6 nitrogen and oxygen atoms in total. The van der Waals surface area contributed by atoms with Crippen LogP contribution >= 0.6 is 11.6 Å². The molecule has 142 valence electrons. The van der Waals surface area contributed by atoms with Crippen LogP contribution in [-0.4, -0.2) is 22.3 Å². The van der Waals surface area contributed by atoms with Crippen molar-refractivity contribution < 1.29 is 19.7 Å². The number of benzene rings is 3. The first-order valence-corrected chi connectivity index (χ1v) is 8.72. The Bertz CT molecular complexity index is 1000. The van der Waals surface area contributed by atoms with Crippen LogP contribution in [0.3, 0.4) is 0 Å². The van der Waals surface area contributed by atoms with Crippen molar-refractivity contribution in [2.45, 2.75) is 6.61 Å². The Morgan fingerprint density at radius 2 is 1.79 bits per heavy atom. The van der Waals surface area contributed by atoms with Crippen molar-refractivity contribution >= 4 is 23.7 Å². The smallest absolute Gasteiger partial charge is 0.271 e. The van der Waals surface area contributed by atoms with E-state index in [0.717, 1.165) is 17.2 Å². The topological polar surface area (TPSA) is 91.2 Å². The highest BCUT2D eigenvalue weighted by Crippen LogP contribution is 2.21. The van der Waals surface area contributed by atoms with E-state index >= 15 is 0 Å². The summed E-state index contributed by atoms with van der Waals surface area (Å²) in [6, 6.07) is 18.2. The maximum atomic E-state index is 12.0. The summed E-state index contributed by atoms with van der Waals surface area (Å²) in [6.07, 6.45) is 1.46. The van der Waals surface area contributed by atoms with Gasteiger partial charge in [-0.15, -0.1) is 0 Å². The first-order valence-electron chi connectivity index (χ1n) is 8.34. The van der Waals surface area contributed by atoms with Gasteiger partial charge in [-0.1, -0.05) is 41.9 Å². The summed E-state index contributed by atoms with van der Waals surface area (Å²) >= 11 is 6.12. The van der Waals surface area contributed by atoms with Crippen molar-refractivity contribution in [1.82, 2.24) is 5.43 Å². The largest absolute Gasteiger partial charge is 0.508 e. The zero-order chi connectivity index (χ0) is 19.9. The molecule has 7 heteroatoms. The predicted octanol–water partition coefficient (Wildman–Crippen LogP) is 4.09. The summed E-state index contributed by atoms with van der Waals surface area (Å²) in [5.74, 6) is -0.350. The first-order chi connectivity index (χ1) is 13.5. The highest BCUT2D eigenvalue weighted by Gasteiger charge is 2.07. The molecule has 0 aliphatic rings. The second kappa shape index (κ2) is 8.92. The Balaban J connectivity index is 1.60. The molecule has 28 heavy (non-hydrogen) atoms. The number of phenols is 2. The number of phenolic OH excluding ortho intramolecular Hbond substituents is 2. The van der Waals surface area contributed by atoms with Crippen LogP contribution in [0.2, 0.25) is 5.02 Å². The van der Waals surface area contributed by atoms with E-state index in [4.69, 9.17) is 16.3 Å². The van der Waals surface area contributed by atoms with Crippen LogP contribution < -0.4 is 10.2 Å². The summed E-state index contributed by atoms with van der Waals surface area (Å²) in [7, 11) is 0. The van der Waals surface area contributed by atoms with Gasteiger partial charge >= 0.3 is 0 Å². The Labute approximate surface area is 166 Å². The fraction of sp³-hybridized carbons (Fsp3) is 0.0476. The van der Waals surface area contributed by atoms with E-state index in [9.17, 15) is 15.0 Å². The van der Waals surface area contributed by atoms with Crippen LogP contribution in [-0.2, 0) is 6.61 Å². The van der Waals surface area contributed by atoms with Crippen molar-refractivity contribution in [3.8, 4) is 17.2 Å². The summed E-state index contributed by atoms with van der Waals surface area (Å²) in [4.78, 5) is 12.0. The van der Waals surface area contributed by atoms with Crippen LogP contribution in [0.4, 0.5) is 0 Å². The van der Waals surface area contributed by atoms with Gasteiger partial charge in [0.25, 0.3) is 5.91 Å². The molecule has 3 aromatic carbocycles. The molecule has 0 heterocycles. The van der Waals surface area contributed by atoms with Crippen molar-refractivity contribution in [2.75, 3.05) is 0 Å². The zero-order valence-corrected chi connectivity index (χ0v) is 15.4. The van der Waals surface area contributed by atoms with Gasteiger partial charge in [-0.25, -0.2) is 5.43 Å². The highest BCUT2D eigenvalue weighted by atomic mass is 35.5. The number of ether oxygens (including phenoxy) is 1. The molecule has 0 spiro atoms. The van der Waals surface area contributed by atoms with Gasteiger partial charge in [-0.3, -0.25) is 4.79 Å². The Morgan fingerprint density at radius 3 is 2.54 bits per heavy atom. The molecule has 3 rings (SSSR count). The van der Waals surface area contributed by atoms with Gasteiger partial charge in [0, 0.05) is 22.2 Å². The lowest BCUT2D eigenvalue weighted by Gasteiger charge is -2.08. The average molecular weight is 397 g/mol. The number of carbonyl (C=O) groups excluding carboxylic acids is 1. The Kier molecular flexibility index (Phi) is 6.14. The number of aromatic hydroxyl groups is 2. The lowest BCUT2D eigenvalue weighted by molar-refractivity contribution is 0.0954. The van der Waals surface area contributed by atoms with Crippen molar-refractivity contribution in [1.29, 1.82) is 0 Å². The number of hydrogen-bond donors (Lipinski definition) is 3. The van der Waals surface area contributed by atoms with Crippen molar-refractivity contribution in [3.05, 3.63) is 88.4 Å². The van der Waals surface area contributed by atoms with Gasteiger partial charge in [0.15, 0.2) is 0 Å². The summed E-state index contributed by atoms with van der Waals surface area (Å²) in [5, 5.41) is 23.4. The SMILES string of the molecule is O=C(NN=Cc1cccc(OCc2ccccc2Cl)c1)c1cc(O)cc(O)c1. The molecule has 0 bridgehead atoms. The lowest BCUT2D eigenvalue weighted by Crippen LogP contribution is -2.17. The maximum Gasteiger partial charge on any atom is 0.271 e. The molecule has 0 saturated carbocycles. The van der Waals surface area contributed by atoms with Gasteiger partial charge in [0.2, 0.25) is 0 Å². The number of nitrogens with zero attached hydrogens (tertiary/aromatic N) is 1. The van der Waals surface area contributed by atoms with E-state index in [0.29, 0.717) is 17.4 Å². The van der Waals surface area contributed by atoms with Crippen LogP contribution in [0.1, 0.15) is 21.5 Å². The number of rotatable bonds is 6. The third-order valence-electron chi connectivity index (χ3n) is 3.75. The molecule has 0 aromatic heterocycles. The van der Waals surface area contributed by atoms with Gasteiger partial charge in [-0.2, -0.15) is 5.10 Å². The van der Waals surface area contributed by atoms with Crippen LogP contribution in [0, 0.1) is 0 Å². The van der Waals surface area contributed by atoms with E-state index < -0.39 is 5.91 Å². The first kappa shape index (κ1) is 19.3. The quantitative estimate of drug-likeness (QED) is 0.432. The minimum absolute atomic E-state index is 0.0893. The molecular weight excluding hydrogens is 380 g/mol. The van der Waals surface area contributed by atoms with E-state index in [1.54, 1.807) is 24.3 Å². The summed E-state index contributed by atoms with van der Waals surface area (Å²) < 4.78 is 5.75. The number of amides is 1. The molecule has 1 amide bonds. The van der Waals surface area contributed by atoms with E-state index in [2.05, 4.69) is 10.5 Å². The summed E-state index contributed by atoms with van der Waals surface area (Å²) in [6.45, 7) is 0.331. The van der Waals surface area contributed by atoms with Gasteiger partial charge in [0.05, 0.1) is 6.21 Å². The second-order valence-electron chi connectivity index (χ2n) is 5.89. The number of hydrogen-bond acceptors (Lipinski definition) is 5. The maximum absolute atomic E-state index is 12.0. The molecule has 0 atom stereocenters. The van der Waals surface area contributed by atoms with Crippen LogP contribution in [0.15, 0.2) is 71.8 Å². The second-order valence-corrected chi connectivity index (χ2v) is 6.30. The molecule has 0 fully saturated rings. The molecule has 0 saturated heterocycles. The van der Waals surface area contributed by atoms with Gasteiger partial charge in [-0.05, 0) is 35.9 Å². The predicted molar refractivity (Wildman–Crippen MR) is 107 cm³/mol. The Morgan fingerprint density at radius 1 is 1.04 bits per heavy atom. The molecule has 0 aliphatic carbocycles. The van der Waals surface area contributed by atoms with Gasteiger partial charge < -0.3 is 14.9 Å². The standard InChI is InChI=1S/C21H17ClN2O4/c22-20-7-2-1-5-15(20)13-28-19-6-3-4-14(8-19)12-23-24-21(27)16-9-17(25)11-18(26)10-16/h1-12,25-26H,13H2,(H,24,27). The molecular formula is C21H17ClN2O4. The van der Waals surface area contributed by atoms with Crippen molar-refractivity contribution in [3.63, 3.8) is 0 Å². The molecule has 3 N–H and O–H groups in total. The highest BCUT2D eigenvalue weighted by molar-refractivity contribution is 6.31. The number of carbonyl (C=O) groups is 1. The molecule has 0 unspecified atom stereocenters. The normalized spacial score (nSPS) is 10.8. The minimum atomic E-state index is -0.562. The number of nitrogens with one attached hydrogen (secondary N) is 1. The molecule has 3 aromatic rings. The fourth-order valence-electron chi connectivity index (χ4n) is 2.42. The fourth-order valence-corrected chi connectivity index (χ4v) is 2.61. The van der Waals surface area contributed by atoms with E-state index in [-0.39, 0.29) is 17.1 Å². The monoisotopic (exact) mass is 396 g/mol. The lowest BCUT2D eigenvalue weighted by atomic mass is 10.2. The van der Waals surface area contributed by atoms with Gasteiger partial charge in [0.1, 0.15) is 23.9 Å². The van der Waals surface area contributed by atoms with Crippen molar-refractivity contribution in [2.24, 2.45) is 5.10 Å². The number of hydrazone groups is 1. The third-order valence-corrected chi connectivity index (χ3v) is 4.12. The number of halogens is 1. The van der Waals surface area contributed by atoms with E-state index in [1.807, 2.05) is 24.3 Å². The third kappa shape index (κ3) is 5.25.